The van der Waals surface area contributed by atoms with Gasteiger partial charge in [-0.2, -0.15) is 0 Å². The molecular weight excluding hydrogens is 272 g/mol. The molecule has 0 radical (unpaired) electrons. The predicted octanol–water partition coefficient (Wildman–Crippen LogP) is 2.57. The highest BCUT2D eigenvalue weighted by atomic mass is 16.7. The summed E-state index contributed by atoms with van der Waals surface area (Å²) >= 11 is 0. The van der Waals surface area contributed by atoms with Gasteiger partial charge in [-0.1, -0.05) is 5.57 Å². The van der Waals surface area contributed by atoms with Crippen LogP contribution >= 0.6 is 0 Å². The van der Waals surface area contributed by atoms with E-state index < -0.39 is 12.1 Å². The van der Waals surface area contributed by atoms with Crippen LogP contribution in [0.3, 0.4) is 0 Å². The van der Waals surface area contributed by atoms with Crippen molar-refractivity contribution in [2.24, 2.45) is 0 Å². The molecule has 1 heterocycles. The Bertz CT molecular complexity index is 352. The molecule has 0 saturated carbocycles. The Morgan fingerprint density at radius 3 is 2.57 bits per heavy atom. The van der Waals surface area contributed by atoms with Crippen molar-refractivity contribution in [3.8, 4) is 0 Å². The molecule has 2 atom stereocenters. The monoisotopic (exact) mass is 300 g/mol. The van der Waals surface area contributed by atoms with Gasteiger partial charge in [0.25, 0.3) is 0 Å². The van der Waals surface area contributed by atoms with Gasteiger partial charge in [-0.3, -0.25) is 0 Å². The molecule has 122 valence electrons. The molecule has 0 aromatic rings. The van der Waals surface area contributed by atoms with Crippen LogP contribution in [0.25, 0.3) is 0 Å². The third-order valence-corrected chi connectivity index (χ3v) is 3.35. The minimum atomic E-state index is -1.15. The van der Waals surface area contributed by atoms with Crippen molar-refractivity contribution in [1.82, 2.24) is 0 Å². The van der Waals surface area contributed by atoms with Crippen LogP contribution < -0.4 is 0 Å². The summed E-state index contributed by atoms with van der Waals surface area (Å²) in [6.07, 6.45) is 1.78. The number of aliphatic hydroxyl groups is 1. The average molecular weight is 300 g/mol. The van der Waals surface area contributed by atoms with Gasteiger partial charge in [0.05, 0.1) is 12.7 Å². The van der Waals surface area contributed by atoms with Gasteiger partial charge < -0.3 is 19.3 Å². The normalized spacial score (nSPS) is 20.2. The third kappa shape index (κ3) is 7.07. The first-order valence-electron chi connectivity index (χ1n) is 7.67. The number of carbonyl (C=O) groups excluding carboxylic acids is 1. The van der Waals surface area contributed by atoms with Crippen LogP contribution in [0.1, 0.15) is 53.4 Å². The van der Waals surface area contributed by atoms with Gasteiger partial charge in [0.2, 0.25) is 0 Å². The molecule has 1 saturated heterocycles. The molecule has 0 aromatic heterocycles. The Labute approximate surface area is 127 Å². The van der Waals surface area contributed by atoms with E-state index in [0.717, 1.165) is 37.0 Å². The lowest BCUT2D eigenvalue weighted by Crippen LogP contribution is -2.28. The van der Waals surface area contributed by atoms with Gasteiger partial charge in [0, 0.05) is 13.0 Å². The van der Waals surface area contributed by atoms with Crippen LogP contribution in [0.5, 0.6) is 0 Å². The number of aliphatic hydroxyl groups excluding tert-OH is 1. The molecule has 0 spiro atoms. The van der Waals surface area contributed by atoms with E-state index >= 15 is 0 Å². The summed E-state index contributed by atoms with van der Waals surface area (Å²) in [6, 6.07) is 0. The standard InChI is InChI=1S/C16H28O5/c1-11(2)13(9-14(17)16(18)21-12(3)4)10-20-15-7-5-6-8-19-15/h12,14-15,17H,5-10H2,1-4H3/t14-,15?/m0/s1. The second-order valence-corrected chi connectivity index (χ2v) is 5.92. The maximum absolute atomic E-state index is 11.7. The Hall–Kier alpha value is -0.910. The van der Waals surface area contributed by atoms with Crippen LogP contribution in [0.4, 0.5) is 0 Å². The first-order chi connectivity index (χ1) is 9.90. The average Bonchev–Trinajstić information content (AvgIpc) is 2.43. The van der Waals surface area contributed by atoms with Crippen molar-refractivity contribution < 1.29 is 24.1 Å². The fourth-order valence-electron chi connectivity index (χ4n) is 2.07. The third-order valence-electron chi connectivity index (χ3n) is 3.35. The van der Waals surface area contributed by atoms with E-state index in [0.29, 0.717) is 6.61 Å². The maximum Gasteiger partial charge on any atom is 0.335 e. The lowest BCUT2D eigenvalue weighted by atomic mass is 10.0. The van der Waals surface area contributed by atoms with E-state index in [1.165, 1.54) is 0 Å². The Morgan fingerprint density at radius 2 is 2.05 bits per heavy atom. The smallest absolute Gasteiger partial charge is 0.335 e. The zero-order chi connectivity index (χ0) is 15.8. The van der Waals surface area contributed by atoms with Crippen molar-refractivity contribution in [2.75, 3.05) is 13.2 Å². The number of allylic oxidation sites excluding steroid dienone is 1. The summed E-state index contributed by atoms with van der Waals surface area (Å²) in [6.45, 7) is 8.52. The summed E-state index contributed by atoms with van der Waals surface area (Å²) in [5.41, 5.74) is 1.96. The Kier molecular flexibility index (Phi) is 7.93. The summed E-state index contributed by atoms with van der Waals surface area (Å²) in [4.78, 5) is 11.7. The van der Waals surface area contributed by atoms with Gasteiger partial charge in [-0.15, -0.1) is 0 Å². The van der Waals surface area contributed by atoms with Crippen molar-refractivity contribution >= 4 is 5.97 Å². The van der Waals surface area contributed by atoms with Crippen LogP contribution in [-0.4, -0.2) is 42.8 Å². The summed E-state index contributed by atoms with van der Waals surface area (Å²) in [7, 11) is 0. The topological polar surface area (TPSA) is 65.0 Å². The quantitative estimate of drug-likeness (QED) is 0.578. The van der Waals surface area contributed by atoms with E-state index in [9.17, 15) is 9.90 Å². The lowest BCUT2D eigenvalue weighted by molar-refractivity contribution is -0.160. The van der Waals surface area contributed by atoms with Crippen molar-refractivity contribution in [1.29, 1.82) is 0 Å². The molecule has 1 unspecified atom stereocenters. The van der Waals surface area contributed by atoms with Gasteiger partial charge >= 0.3 is 5.97 Å². The van der Waals surface area contributed by atoms with Gasteiger partial charge in [-0.05, 0) is 52.5 Å². The molecule has 0 aromatic carbocycles. The first-order valence-corrected chi connectivity index (χ1v) is 7.67. The van der Waals surface area contributed by atoms with Gasteiger partial charge in [0.1, 0.15) is 0 Å². The maximum atomic E-state index is 11.7. The van der Waals surface area contributed by atoms with Crippen LogP contribution in [-0.2, 0) is 19.0 Å². The van der Waals surface area contributed by atoms with Crippen LogP contribution in [0.2, 0.25) is 0 Å². The minimum absolute atomic E-state index is 0.173. The Balaban J connectivity index is 2.46. The molecule has 5 heteroatoms. The van der Waals surface area contributed by atoms with E-state index in [1.807, 2.05) is 13.8 Å². The highest BCUT2D eigenvalue weighted by Crippen LogP contribution is 2.18. The molecule has 0 aliphatic carbocycles. The molecule has 0 amide bonds. The van der Waals surface area contributed by atoms with Crippen LogP contribution in [0.15, 0.2) is 11.1 Å². The van der Waals surface area contributed by atoms with Crippen LogP contribution in [0, 0.1) is 0 Å². The number of hydrogen-bond acceptors (Lipinski definition) is 5. The number of esters is 1. The number of hydrogen-bond donors (Lipinski definition) is 1. The molecule has 1 aliphatic rings. The summed E-state index contributed by atoms with van der Waals surface area (Å²) in [5.74, 6) is -0.585. The summed E-state index contributed by atoms with van der Waals surface area (Å²) in [5, 5.41) is 9.93. The fraction of sp³-hybridized carbons (Fsp3) is 0.812. The molecular formula is C16H28O5. The molecule has 1 fully saturated rings. The largest absolute Gasteiger partial charge is 0.461 e. The second kappa shape index (κ2) is 9.18. The lowest BCUT2D eigenvalue weighted by Gasteiger charge is -2.24. The SMILES string of the molecule is CC(C)=C(COC1CCCCO1)C[C@H](O)C(=O)OC(C)C. The molecule has 0 bridgehead atoms. The zero-order valence-electron chi connectivity index (χ0n) is 13.6. The molecule has 1 rings (SSSR count). The van der Waals surface area contributed by atoms with E-state index in [4.69, 9.17) is 14.2 Å². The molecule has 21 heavy (non-hydrogen) atoms. The predicted molar refractivity (Wildman–Crippen MR) is 79.8 cm³/mol. The fourth-order valence-corrected chi connectivity index (χ4v) is 2.07. The minimum Gasteiger partial charge on any atom is -0.461 e. The summed E-state index contributed by atoms with van der Waals surface area (Å²) < 4.78 is 16.2. The highest BCUT2D eigenvalue weighted by Gasteiger charge is 2.21. The van der Waals surface area contributed by atoms with E-state index in [2.05, 4.69) is 0 Å². The second-order valence-electron chi connectivity index (χ2n) is 5.92. The number of carbonyl (C=O) groups is 1. The molecule has 1 N–H and O–H groups in total. The van der Waals surface area contributed by atoms with Gasteiger partial charge in [-0.25, -0.2) is 4.79 Å². The van der Waals surface area contributed by atoms with Crippen molar-refractivity contribution in [3.63, 3.8) is 0 Å². The Morgan fingerprint density at radius 1 is 1.33 bits per heavy atom. The number of rotatable bonds is 7. The van der Waals surface area contributed by atoms with Gasteiger partial charge in [0.15, 0.2) is 12.4 Å². The highest BCUT2D eigenvalue weighted by molar-refractivity contribution is 5.74. The molecule has 5 nitrogen and oxygen atoms in total. The van der Waals surface area contributed by atoms with Crippen molar-refractivity contribution in [3.05, 3.63) is 11.1 Å². The first kappa shape index (κ1) is 18.1. The van der Waals surface area contributed by atoms with Crippen molar-refractivity contribution in [2.45, 2.75) is 71.9 Å². The van der Waals surface area contributed by atoms with E-state index in [1.54, 1.807) is 13.8 Å². The zero-order valence-corrected chi connectivity index (χ0v) is 13.6. The molecule has 1 aliphatic heterocycles. The van der Waals surface area contributed by atoms with E-state index in [-0.39, 0.29) is 18.8 Å². The number of ether oxygens (including phenoxy) is 3.